The first-order valence-corrected chi connectivity index (χ1v) is 8.65. The molecular weight excluding hydrogens is 456 g/mol. The van der Waals surface area contributed by atoms with Crippen molar-refractivity contribution in [2.45, 2.75) is 24.9 Å². The fraction of sp³-hybridized carbons (Fsp3) is 0.611. The van der Waals surface area contributed by atoms with Crippen molar-refractivity contribution in [1.82, 2.24) is 15.1 Å². The van der Waals surface area contributed by atoms with Gasteiger partial charge in [-0.1, -0.05) is 30.3 Å². The van der Waals surface area contributed by atoms with Crippen LogP contribution in [0.15, 0.2) is 35.3 Å². The Hall–Kier alpha value is -1.03. The number of hydrogen-bond acceptors (Lipinski definition) is 2. The van der Waals surface area contributed by atoms with E-state index in [4.69, 9.17) is 0 Å². The Kier molecular flexibility index (Phi) is 9.70. The van der Waals surface area contributed by atoms with Crippen LogP contribution in [0.25, 0.3) is 0 Å². The molecule has 1 fully saturated rings. The zero-order valence-electron chi connectivity index (χ0n) is 15.3. The molecule has 0 aromatic heterocycles. The highest BCUT2D eigenvalue weighted by molar-refractivity contribution is 14.0. The van der Waals surface area contributed by atoms with Crippen LogP contribution >= 0.6 is 24.0 Å². The molecule has 26 heavy (non-hydrogen) atoms. The molecular formula is C18H28F3IN4. The summed E-state index contributed by atoms with van der Waals surface area (Å²) in [5, 5.41) is 3.27. The van der Waals surface area contributed by atoms with Crippen LogP contribution in [0.3, 0.4) is 0 Å². The van der Waals surface area contributed by atoms with Crippen LogP contribution in [0, 0.1) is 0 Å². The SMILES string of the molecule is CN=C(NCCCN(C)CC(F)(F)F)N1CCC(c2ccccc2)C1.I. The van der Waals surface area contributed by atoms with E-state index in [1.165, 1.54) is 17.5 Å². The molecule has 1 unspecified atom stereocenters. The summed E-state index contributed by atoms with van der Waals surface area (Å²) in [5.41, 5.74) is 1.34. The molecule has 1 N–H and O–H groups in total. The summed E-state index contributed by atoms with van der Waals surface area (Å²) in [6.45, 7) is 2.00. The van der Waals surface area contributed by atoms with Gasteiger partial charge in [0.25, 0.3) is 0 Å². The monoisotopic (exact) mass is 484 g/mol. The van der Waals surface area contributed by atoms with Gasteiger partial charge in [0.1, 0.15) is 0 Å². The van der Waals surface area contributed by atoms with Gasteiger partial charge in [0.05, 0.1) is 6.54 Å². The largest absolute Gasteiger partial charge is 0.401 e. The molecule has 0 spiro atoms. The molecule has 0 radical (unpaired) electrons. The number of alkyl halides is 3. The van der Waals surface area contributed by atoms with E-state index < -0.39 is 12.7 Å². The van der Waals surface area contributed by atoms with Gasteiger partial charge in [0.2, 0.25) is 0 Å². The van der Waals surface area contributed by atoms with E-state index in [-0.39, 0.29) is 24.0 Å². The highest BCUT2D eigenvalue weighted by Gasteiger charge is 2.29. The lowest BCUT2D eigenvalue weighted by Crippen LogP contribution is -2.41. The Morgan fingerprint density at radius 2 is 2.00 bits per heavy atom. The van der Waals surface area contributed by atoms with E-state index in [9.17, 15) is 13.2 Å². The highest BCUT2D eigenvalue weighted by atomic mass is 127. The molecule has 1 saturated heterocycles. The summed E-state index contributed by atoms with van der Waals surface area (Å²) in [6, 6.07) is 10.4. The normalized spacial score (nSPS) is 18.2. The number of aliphatic imine (C=N–C) groups is 1. The second kappa shape index (κ2) is 11.0. The summed E-state index contributed by atoms with van der Waals surface area (Å²) in [7, 11) is 3.24. The fourth-order valence-corrected chi connectivity index (χ4v) is 3.22. The third-order valence-corrected chi connectivity index (χ3v) is 4.42. The van der Waals surface area contributed by atoms with Gasteiger partial charge in [-0.15, -0.1) is 24.0 Å². The molecule has 1 aromatic carbocycles. The van der Waals surface area contributed by atoms with Crippen molar-refractivity contribution in [1.29, 1.82) is 0 Å². The average Bonchev–Trinajstić information content (AvgIpc) is 3.04. The molecule has 1 aliphatic heterocycles. The Bertz CT molecular complexity index is 551. The van der Waals surface area contributed by atoms with E-state index in [2.05, 4.69) is 39.5 Å². The molecule has 4 nitrogen and oxygen atoms in total. The third-order valence-electron chi connectivity index (χ3n) is 4.42. The van der Waals surface area contributed by atoms with Crippen molar-refractivity contribution in [2.75, 3.05) is 46.8 Å². The average molecular weight is 484 g/mol. The Morgan fingerprint density at radius 3 is 2.62 bits per heavy atom. The van der Waals surface area contributed by atoms with Crippen molar-refractivity contribution in [3.63, 3.8) is 0 Å². The number of guanidine groups is 1. The maximum absolute atomic E-state index is 12.3. The van der Waals surface area contributed by atoms with Gasteiger partial charge in [-0.3, -0.25) is 9.89 Å². The highest BCUT2D eigenvalue weighted by Crippen LogP contribution is 2.26. The Balaban J connectivity index is 0.00000338. The lowest BCUT2D eigenvalue weighted by atomic mass is 9.99. The van der Waals surface area contributed by atoms with E-state index in [1.807, 2.05) is 6.07 Å². The summed E-state index contributed by atoms with van der Waals surface area (Å²) < 4.78 is 36.9. The van der Waals surface area contributed by atoms with Crippen molar-refractivity contribution in [2.24, 2.45) is 4.99 Å². The number of likely N-dealkylation sites (tertiary alicyclic amines) is 1. The van der Waals surface area contributed by atoms with Crippen LogP contribution < -0.4 is 5.32 Å². The summed E-state index contributed by atoms with van der Waals surface area (Å²) in [6.07, 6.45) is -2.42. The first-order chi connectivity index (χ1) is 11.9. The minimum atomic E-state index is -4.14. The number of benzene rings is 1. The van der Waals surface area contributed by atoms with Crippen LogP contribution in [0.4, 0.5) is 13.2 Å². The third kappa shape index (κ3) is 7.69. The number of halogens is 4. The first kappa shape index (κ1) is 23.0. The van der Waals surface area contributed by atoms with Gasteiger partial charge >= 0.3 is 6.18 Å². The summed E-state index contributed by atoms with van der Waals surface area (Å²) in [4.78, 5) is 7.83. The van der Waals surface area contributed by atoms with Crippen LogP contribution in [0.5, 0.6) is 0 Å². The predicted molar refractivity (Wildman–Crippen MR) is 110 cm³/mol. The van der Waals surface area contributed by atoms with Crippen molar-refractivity contribution in [3.05, 3.63) is 35.9 Å². The van der Waals surface area contributed by atoms with Crippen LogP contribution in [-0.2, 0) is 0 Å². The zero-order valence-corrected chi connectivity index (χ0v) is 17.6. The molecule has 1 atom stereocenters. The summed E-state index contributed by atoms with van der Waals surface area (Å²) >= 11 is 0. The molecule has 0 amide bonds. The first-order valence-electron chi connectivity index (χ1n) is 8.65. The van der Waals surface area contributed by atoms with Gasteiger partial charge in [-0.05, 0) is 32.0 Å². The van der Waals surface area contributed by atoms with E-state index >= 15 is 0 Å². The standard InChI is InChI=1S/C18H27F3N4.HI/c1-22-17(23-10-6-11-24(2)14-18(19,20)21)25-12-9-16(13-25)15-7-4-3-5-8-15;/h3-5,7-8,16H,6,9-14H2,1-2H3,(H,22,23);1H. The van der Waals surface area contributed by atoms with Crippen LogP contribution in [0.1, 0.15) is 24.3 Å². The van der Waals surface area contributed by atoms with Gasteiger partial charge in [-0.25, -0.2) is 0 Å². The van der Waals surface area contributed by atoms with Crippen LogP contribution in [-0.4, -0.2) is 68.8 Å². The topological polar surface area (TPSA) is 30.9 Å². The zero-order chi connectivity index (χ0) is 18.3. The lowest BCUT2D eigenvalue weighted by Gasteiger charge is -2.23. The quantitative estimate of drug-likeness (QED) is 0.290. The molecule has 1 heterocycles. The number of hydrogen-bond donors (Lipinski definition) is 1. The molecule has 0 saturated carbocycles. The predicted octanol–water partition coefficient (Wildman–Crippen LogP) is 3.55. The van der Waals surface area contributed by atoms with Crippen molar-refractivity contribution < 1.29 is 13.2 Å². The smallest absolute Gasteiger partial charge is 0.356 e. The van der Waals surface area contributed by atoms with E-state index in [0.717, 1.165) is 25.5 Å². The van der Waals surface area contributed by atoms with Gasteiger partial charge in [0, 0.05) is 32.6 Å². The molecule has 148 valence electrons. The molecule has 1 aromatic rings. The van der Waals surface area contributed by atoms with Gasteiger partial charge < -0.3 is 10.2 Å². The van der Waals surface area contributed by atoms with E-state index in [0.29, 0.717) is 25.4 Å². The van der Waals surface area contributed by atoms with Gasteiger partial charge in [0.15, 0.2) is 5.96 Å². The molecule has 8 heteroatoms. The minimum absolute atomic E-state index is 0. The molecule has 1 aliphatic rings. The van der Waals surface area contributed by atoms with Gasteiger partial charge in [-0.2, -0.15) is 13.2 Å². The second-order valence-electron chi connectivity index (χ2n) is 6.52. The second-order valence-corrected chi connectivity index (χ2v) is 6.52. The van der Waals surface area contributed by atoms with Crippen molar-refractivity contribution >= 4 is 29.9 Å². The number of nitrogens with zero attached hydrogens (tertiary/aromatic N) is 3. The summed E-state index contributed by atoms with van der Waals surface area (Å²) in [5.74, 6) is 1.33. The fourth-order valence-electron chi connectivity index (χ4n) is 3.22. The van der Waals surface area contributed by atoms with Crippen molar-refractivity contribution in [3.8, 4) is 0 Å². The Labute approximate surface area is 170 Å². The molecule has 0 bridgehead atoms. The van der Waals surface area contributed by atoms with E-state index in [1.54, 1.807) is 7.05 Å². The Morgan fingerprint density at radius 1 is 1.31 bits per heavy atom. The van der Waals surface area contributed by atoms with Crippen LogP contribution in [0.2, 0.25) is 0 Å². The lowest BCUT2D eigenvalue weighted by molar-refractivity contribution is -0.143. The maximum Gasteiger partial charge on any atom is 0.401 e. The molecule has 0 aliphatic carbocycles. The molecule has 2 rings (SSSR count). The number of nitrogens with one attached hydrogen (secondary N) is 1. The number of rotatable bonds is 6. The minimum Gasteiger partial charge on any atom is -0.356 e. The maximum atomic E-state index is 12.3.